The molecule has 0 spiro atoms. The standard InChI is InChI=1S/C4H4N6O9/c11-7(12)4(8(13)14,9(15)16)3-5-1-19-2-6(3)10(17)18/h1-2H2. The van der Waals surface area contributed by atoms with E-state index in [1.807, 2.05) is 0 Å². The van der Waals surface area contributed by atoms with Gasteiger partial charge in [0.05, 0.1) is 0 Å². The number of hydrazine groups is 1. The van der Waals surface area contributed by atoms with Crippen molar-refractivity contribution in [3.8, 4) is 0 Å². The molecule has 0 radical (unpaired) electrons. The third kappa shape index (κ3) is 1.97. The second kappa shape index (κ2) is 4.72. The Hall–Kier alpha value is -2.97. The van der Waals surface area contributed by atoms with Crippen LogP contribution in [0, 0.1) is 40.5 Å². The number of nitrogens with zero attached hydrogens (tertiary/aromatic N) is 6. The Labute approximate surface area is 101 Å². The fourth-order valence-electron chi connectivity index (χ4n) is 1.23. The van der Waals surface area contributed by atoms with E-state index in [1.54, 1.807) is 0 Å². The van der Waals surface area contributed by atoms with E-state index in [1.165, 1.54) is 0 Å². The van der Waals surface area contributed by atoms with Crippen LogP contribution in [0.1, 0.15) is 0 Å². The van der Waals surface area contributed by atoms with Crippen LogP contribution < -0.4 is 0 Å². The van der Waals surface area contributed by atoms with Crippen molar-refractivity contribution < 1.29 is 24.5 Å². The van der Waals surface area contributed by atoms with Crippen molar-refractivity contribution in [2.75, 3.05) is 13.5 Å². The molecule has 0 aliphatic carbocycles. The molecule has 15 heteroatoms. The van der Waals surface area contributed by atoms with Crippen molar-refractivity contribution in [3.05, 3.63) is 40.5 Å². The topological polar surface area (TPSA) is 197 Å². The predicted octanol–water partition coefficient (Wildman–Crippen LogP) is -1.69. The van der Waals surface area contributed by atoms with Crippen LogP contribution in [0.2, 0.25) is 0 Å². The van der Waals surface area contributed by atoms with Gasteiger partial charge in [0.1, 0.15) is 6.73 Å². The number of ether oxygens (including phenoxy) is 1. The van der Waals surface area contributed by atoms with Crippen molar-refractivity contribution in [3.63, 3.8) is 0 Å². The van der Waals surface area contributed by atoms with Gasteiger partial charge in [0.15, 0.2) is 26.5 Å². The van der Waals surface area contributed by atoms with E-state index >= 15 is 0 Å². The van der Waals surface area contributed by atoms with E-state index in [4.69, 9.17) is 0 Å². The zero-order valence-electron chi connectivity index (χ0n) is 8.77. The normalized spacial score (nSPS) is 15.6. The summed E-state index contributed by atoms with van der Waals surface area (Å²) in [7, 11) is 0. The molecule has 0 fully saturated rings. The lowest BCUT2D eigenvalue weighted by Gasteiger charge is -2.19. The van der Waals surface area contributed by atoms with Crippen LogP contribution >= 0.6 is 0 Å². The lowest BCUT2D eigenvalue weighted by Crippen LogP contribution is -2.66. The monoisotopic (exact) mass is 280 g/mol. The van der Waals surface area contributed by atoms with E-state index in [-0.39, 0.29) is 5.01 Å². The summed E-state index contributed by atoms with van der Waals surface area (Å²) in [4.78, 5) is 40.2. The molecular formula is C4H4N6O9. The van der Waals surface area contributed by atoms with Crippen molar-refractivity contribution >= 4 is 5.84 Å². The third-order valence-electron chi connectivity index (χ3n) is 2.02. The van der Waals surface area contributed by atoms with Crippen molar-refractivity contribution in [2.24, 2.45) is 4.99 Å². The number of aliphatic imine (C=N–C) groups is 1. The quantitative estimate of drug-likeness (QED) is 0.317. The summed E-state index contributed by atoms with van der Waals surface area (Å²) in [5.74, 6) is -5.69. The molecule has 104 valence electrons. The maximum absolute atomic E-state index is 10.7. The molecule has 0 unspecified atom stereocenters. The van der Waals surface area contributed by atoms with Gasteiger partial charge in [-0.05, 0) is 5.01 Å². The van der Waals surface area contributed by atoms with Crippen molar-refractivity contribution in [2.45, 2.75) is 5.79 Å². The Balaban J connectivity index is 3.51. The Kier molecular flexibility index (Phi) is 3.50. The Morgan fingerprint density at radius 2 is 1.53 bits per heavy atom. The highest BCUT2D eigenvalue weighted by atomic mass is 16.7. The van der Waals surface area contributed by atoms with Crippen LogP contribution in [0.3, 0.4) is 0 Å². The highest BCUT2D eigenvalue weighted by molar-refractivity contribution is 5.86. The van der Waals surface area contributed by atoms with Crippen molar-refractivity contribution in [1.29, 1.82) is 0 Å². The molecule has 1 rings (SSSR count). The average Bonchev–Trinajstić information content (AvgIpc) is 2.28. The largest absolute Gasteiger partial charge is 0.766 e. The summed E-state index contributed by atoms with van der Waals surface area (Å²) < 4.78 is 4.44. The van der Waals surface area contributed by atoms with Gasteiger partial charge in [-0.1, -0.05) is 0 Å². The van der Waals surface area contributed by atoms with Gasteiger partial charge in [-0.25, -0.2) is 15.1 Å². The Morgan fingerprint density at radius 1 is 1.05 bits per heavy atom. The van der Waals surface area contributed by atoms with Crippen LogP contribution in [0.15, 0.2) is 4.99 Å². The molecule has 1 heterocycles. The van der Waals surface area contributed by atoms with Crippen molar-refractivity contribution in [1.82, 2.24) is 5.01 Å². The van der Waals surface area contributed by atoms with E-state index in [0.29, 0.717) is 0 Å². The van der Waals surface area contributed by atoms with E-state index in [9.17, 15) is 40.5 Å². The van der Waals surface area contributed by atoms with Gasteiger partial charge in [-0.15, -0.1) is 0 Å². The van der Waals surface area contributed by atoms with E-state index in [0.717, 1.165) is 0 Å². The van der Waals surface area contributed by atoms with Crippen LogP contribution in [-0.2, 0) is 4.74 Å². The van der Waals surface area contributed by atoms with Gasteiger partial charge in [0, 0.05) is 0 Å². The molecule has 0 saturated heterocycles. The average molecular weight is 280 g/mol. The van der Waals surface area contributed by atoms with Gasteiger partial charge in [-0.3, -0.25) is 30.3 Å². The lowest BCUT2D eigenvalue weighted by atomic mass is 10.3. The van der Waals surface area contributed by atoms with Gasteiger partial charge < -0.3 is 4.74 Å². The Morgan fingerprint density at radius 3 is 1.89 bits per heavy atom. The fourth-order valence-corrected chi connectivity index (χ4v) is 1.23. The first kappa shape index (κ1) is 14.1. The molecule has 0 aromatic heterocycles. The molecule has 19 heavy (non-hydrogen) atoms. The van der Waals surface area contributed by atoms with Crippen LogP contribution in [-0.4, -0.2) is 49.9 Å². The summed E-state index contributed by atoms with van der Waals surface area (Å²) in [5, 5.41) is 41.2. The lowest BCUT2D eigenvalue weighted by molar-refractivity contribution is -0.948. The maximum Gasteiger partial charge on any atom is 0.766 e. The second-order valence-corrected chi connectivity index (χ2v) is 2.99. The highest BCUT2D eigenvalue weighted by Gasteiger charge is 2.80. The van der Waals surface area contributed by atoms with E-state index in [2.05, 4.69) is 9.73 Å². The summed E-state index contributed by atoms with van der Waals surface area (Å²) in [6, 6.07) is 0. The zero-order valence-corrected chi connectivity index (χ0v) is 8.77. The Bertz CT molecular complexity index is 449. The molecule has 0 amide bonds. The number of hydrogen-bond acceptors (Lipinski definition) is 10. The molecule has 0 N–H and O–H groups in total. The fraction of sp³-hybridized carbons (Fsp3) is 0.750. The van der Waals surface area contributed by atoms with Crippen LogP contribution in [0.4, 0.5) is 0 Å². The van der Waals surface area contributed by atoms with Gasteiger partial charge >= 0.3 is 11.6 Å². The van der Waals surface area contributed by atoms with Gasteiger partial charge in [0.25, 0.3) is 0 Å². The predicted molar refractivity (Wildman–Crippen MR) is 50.8 cm³/mol. The summed E-state index contributed by atoms with van der Waals surface area (Å²) in [6.45, 7) is -1.65. The second-order valence-electron chi connectivity index (χ2n) is 2.99. The molecule has 0 aromatic carbocycles. The minimum absolute atomic E-state index is 0.266. The summed E-state index contributed by atoms with van der Waals surface area (Å²) >= 11 is 0. The summed E-state index contributed by atoms with van der Waals surface area (Å²) in [6.07, 6.45) is 0. The van der Waals surface area contributed by atoms with Gasteiger partial charge in [0.2, 0.25) is 0 Å². The molecule has 1 aliphatic heterocycles. The van der Waals surface area contributed by atoms with E-state index < -0.39 is 44.9 Å². The van der Waals surface area contributed by atoms with Gasteiger partial charge in [-0.2, -0.15) is 0 Å². The van der Waals surface area contributed by atoms with Crippen LogP contribution in [0.25, 0.3) is 0 Å². The SMILES string of the molecule is O=[N+]([O-])N1COCN=C1C([N+](=O)[O-])([N+](=O)[O-])[N+](=O)[O-]. The summed E-state index contributed by atoms with van der Waals surface area (Å²) in [5.41, 5.74) is 0. The maximum atomic E-state index is 10.7. The number of amidine groups is 1. The van der Waals surface area contributed by atoms with Crippen LogP contribution in [0.5, 0.6) is 0 Å². The molecular weight excluding hydrogens is 276 g/mol. The smallest absolute Gasteiger partial charge is 0.333 e. The highest BCUT2D eigenvalue weighted by Crippen LogP contribution is 2.20. The molecule has 0 bridgehead atoms. The number of nitro groups is 4. The minimum Gasteiger partial charge on any atom is -0.333 e. The first-order valence-corrected chi connectivity index (χ1v) is 4.24. The zero-order chi connectivity index (χ0) is 14.8. The molecule has 0 saturated carbocycles. The molecule has 15 nitrogen and oxygen atoms in total. The molecule has 0 atom stereocenters. The first-order chi connectivity index (χ1) is 8.76. The molecule has 1 aliphatic rings. The number of rotatable bonds is 5. The first-order valence-electron chi connectivity index (χ1n) is 4.24. The number of hydrogen-bond donors (Lipinski definition) is 0. The minimum atomic E-state index is -4.16. The molecule has 0 aromatic rings. The third-order valence-corrected chi connectivity index (χ3v) is 2.02.